The summed E-state index contributed by atoms with van der Waals surface area (Å²) in [5.74, 6) is -0.702. The van der Waals surface area contributed by atoms with E-state index in [4.69, 9.17) is 21.7 Å². The van der Waals surface area contributed by atoms with Crippen LogP contribution < -0.4 is 4.31 Å². The zero-order chi connectivity index (χ0) is 28.8. The van der Waals surface area contributed by atoms with Crippen LogP contribution in [0, 0.1) is 5.41 Å². The molecule has 1 N–H and O–H groups in total. The second-order valence-electron chi connectivity index (χ2n) is 9.72. The first-order valence-corrected chi connectivity index (χ1v) is 13.6. The summed E-state index contributed by atoms with van der Waals surface area (Å²) in [6, 6.07) is 10.3. The Hall–Kier alpha value is -3.44. The lowest BCUT2D eigenvalue weighted by Gasteiger charge is -2.39. The molecule has 0 fully saturated rings. The molecule has 0 spiro atoms. The van der Waals surface area contributed by atoms with Crippen molar-refractivity contribution >= 4 is 39.5 Å². The molecule has 39 heavy (non-hydrogen) atoms. The highest BCUT2D eigenvalue weighted by Crippen LogP contribution is 2.43. The monoisotopic (exact) mass is 579 g/mol. The number of fused-ring (bicyclic) bond motifs is 1. The maximum Gasteiger partial charge on any atom is 0.433 e. The summed E-state index contributed by atoms with van der Waals surface area (Å²) in [6.07, 6.45) is -3.01. The number of alkyl halides is 3. The molecule has 0 radical (unpaired) electrons. The number of benzene rings is 2. The molecule has 0 atom stereocenters. The van der Waals surface area contributed by atoms with Crippen LogP contribution in [0.2, 0.25) is 5.02 Å². The summed E-state index contributed by atoms with van der Waals surface area (Å²) in [5, 5.41) is 7.64. The van der Waals surface area contributed by atoms with Crippen LogP contribution in [0.25, 0.3) is 11.1 Å². The number of methoxy groups -OCH3 is 1. The minimum Gasteiger partial charge on any atom is -0.469 e. The molecule has 0 aliphatic carbocycles. The van der Waals surface area contributed by atoms with Gasteiger partial charge in [-0.3, -0.25) is 14.1 Å². The van der Waals surface area contributed by atoms with Gasteiger partial charge in [-0.2, -0.15) is 13.2 Å². The molecule has 1 aromatic heterocycles. The Balaban J connectivity index is 1.95. The zero-order valence-electron chi connectivity index (χ0n) is 21.3. The molecule has 206 valence electrons. The number of hydrogen-bond donors (Lipinski definition) is 1. The predicted octanol–water partition coefficient (Wildman–Crippen LogP) is 6.01. The minimum atomic E-state index is -4.74. The number of halogens is 4. The Kier molecular flexibility index (Phi) is 7.52. The fourth-order valence-corrected chi connectivity index (χ4v) is 6.65. The number of rotatable bonds is 6. The second-order valence-corrected chi connectivity index (χ2v) is 12.0. The van der Waals surface area contributed by atoms with Crippen molar-refractivity contribution in [2.24, 2.45) is 0 Å². The molecule has 2 aromatic carbocycles. The van der Waals surface area contributed by atoms with E-state index in [0.717, 1.165) is 11.8 Å². The van der Waals surface area contributed by atoms with Gasteiger partial charge in [0, 0.05) is 40.7 Å². The molecular weight excluding hydrogens is 555 g/mol. The quantitative estimate of drug-likeness (QED) is 0.285. The third kappa shape index (κ3) is 5.38. The molecule has 3 aromatic rings. The first-order valence-electron chi connectivity index (χ1n) is 11.8. The second kappa shape index (κ2) is 10.3. The van der Waals surface area contributed by atoms with Crippen molar-refractivity contribution in [3.05, 3.63) is 76.1 Å². The van der Waals surface area contributed by atoms with E-state index < -0.39 is 34.3 Å². The third-order valence-electron chi connectivity index (χ3n) is 6.79. The molecule has 0 amide bonds. The van der Waals surface area contributed by atoms with Gasteiger partial charge < -0.3 is 10.1 Å². The summed E-state index contributed by atoms with van der Waals surface area (Å²) >= 11 is 6.49. The van der Waals surface area contributed by atoms with Crippen molar-refractivity contribution < 1.29 is 31.1 Å². The van der Waals surface area contributed by atoms with Crippen LogP contribution in [0.15, 0.2) is 53.6 Å². The molecule has 1 aliphatic rings. The minimum absolute atomic E-state index is 0.0299. The van der Waals surface area contributed by atoms with Crippen molar-refractivity contribution in [3.63, 3.8) is 0 Å². The highest BCUT2D eigenvalue weighted by Gasteiger charge is 2.38. The van der Waals surface area contributed by atoms with Gasteiger partial charge in [0.1, 0.15) is 5.69 Å². The standard InChI is InChI=1S/C27H25ClF3N3O4S/c1-26(2)8-9-34(22-7-5-4-6-20(22)26)39(36,37)23-13-18(21(28)10-16(23)12-25(35)38-3)19-15-33-24(27(29,30)31)11-17(19)14-32/h4-7,10-11,13-15,32H,8-9,12H2,1-3H3. The van der Waals surface area contributed by atoms with Gasteiger partial charge in [-0.25, -0.2) is 8.42 Å². The SMILES string of the molecule is COC(=O)Cc1cc(Cl)c(-c2cnc(C(F)(F)F)cc2C=N)cc1S(=O)(=O)N1CCC(C)(C)c2ccccc21. The van der Waals surface area contributed by atoms with E-state index >= 15 is 0 Å². The molecule has 0 saturated heterocycles. The van der Waals surface area contributed by atoms with Gasteiger partial charge >= 0.3 is 12.1 Å². The zero-order valence-corrected chi connectivity index (χ0v) is 22.8. The lowest BCUT2D eigenvalue weighted by molar-refractivity contribution is -0.141. The summed E-state index contributed by atoms with van der Waals surface area (Å²) in [5.41, 5.74) is -0.176. The molecule has 2 heterocycles. The fraction of sp³-hybridized carbons (Fsp3) is 0.296. The van der Waals surface area contributed by atoms with Crippen LogP contribution >= 0.6 is 11.6 Å². The Morgan fingerprint density at radius 2 is 1.90 bits per heavy atom. The molecular formula is C27H25ClF3N3O4S. The number of anilines is 1. The number of nitrogens with zero attached hydrogens (tertiary/aromatic N) is 2. The number of carbonyl (C=O) groups is 1. The number of ether oxygens (including phenoxy) is 1. The maximum absolute atomic E-state index is 14.2. The Bertz CT molecular complexity index is 1570. The summed E-state index contributed by atoms with van der Waals surface area (Å²) < 4.78 is 74.1. The highest BCUT2D eigenvalue weighted by atomic mass is 35.5. The van der Waals surface area contributed by atoms with E-state index in [9.17, 15) is 26.4 Å². The van der Waals surface area contributed by atoms with Crippen LogP contribution in [0.3, 0.4) is 0 Å². The molecule has 1 aliphatic heterocycles. The van der Waals surface area contributed by atoms with Crippen molar-refractivity contribution in [1.82, 2.24) is 4.98 Å². The van der Waals surface area contributed by atoms with E-state index in [2.05, 4.69) is 4.98 Å². The van der Waals surface area contributed by atoms with Gasteiger partial charge in [-0.05, 0) is 47.2 Å². The van der Waals surface area contributed by atoms with Gasteiger partial charge in [0.05, 0.1) is 24.1 Å². The van der Waals surface area contributed by atoms with E-state index in [-0.39, 0.29) is 44.1 Å². The number of para-hydroxylation sites is 1. The first-order chi connectivity index (χ1) is 18.2. The van der Waals surface area contributed by atoms with Crippen LogP contribution in [0.5, 0.6) is 0 Å². The Morgan fingerprint density at radius 1 is 1.21 bits per heavy atom. The van der Waals surface area contributed by atoms with Gasteiger partial charge in [0.25, 0.3) is 10.0 Å². The number of carbonyl (C=O) groups excluding carboxylic acids is 1. The lowest BCUT2D eigenvalue weighted by atomic mass is 9.78. The number of aromatic nitrogens is 1. The first kappa shape index (κ1) is 28.6. The summed E-state index contributed by atoms with van der Waals surface area (Å²) in [7, 11) is -3.13. The van der Waals surface area contributed by atoms with E-state index in [1.165, 1.54) is 23.5 Å². The molecule has 0 unspecified atom stereocenters. The largest absolute Gasteiger partial charge is 0.469 e. The number of nitrogens with one attached hydrogen (secondary N) is 1. The van der Waals surface area contributed by atoms with Crippen molar-refractivity contribution in [1.29, 1.82) is 5.41 Å². The topological polar surface area (TPSA) is 100 Å². The molecule has 0 bridgehead atoms. The Labute approximate surface area is 229 Å². The fourth-order valence-electron chi connectivity index (χ4n) is 4.65. The van der Waals surface area contributed by atoms with Gasteiger partial charge in [-0.15, -0.1) is 0 Å². The number of sulfonamides is 1. The number of esters is 1. The van der Waals surface area contributed by atoms with Crippen molar-refractivity contribution in [2.75, 3.05) is 18.0 Å². The van der Waals surface area contributed by atoms with Crippen LogP contribution in [0.1, 0.15) is 42.7 Å². The van der Waals surface area contributed by atoms with E-state index in [1.807, 2.05) is 26.0 Å². The van der Waals surface area contributed by atoms with E-state index in [1.54, 1.807) is 12.1 Å². The third-order valence-corrected chi connectivity index (χ3v) is 9.00. The van der Waals surface area contributed by atoms with Crippen molar-refractivity contribution in [3.8, 4) is 11.1 Å². The maximum atomic E-state index is 14.2. The van der Waals surface area contributed by atoms with Gasteiger partial charge in [0.15, 0.2) is 0 Å². The molecule has 4 rings (SSSR count). The summed E-state index contributed by atoms with van der Waals surface area (Å²) in [6.45, 7) is 4.21. The predicted molar refractivity (Wildman–Crippen MR) is 142 cm³/mol. The van der Waals surface area contributed by atoms with Gasteiger partial charge in [-0.1, -0.05) is 43.6 Å². The Morgan fingerprint density at radius 3 is 2.54 bits per heavy atom. The molecule has 7 nitrogen and oxygen atoms in total. The lowest BCUT2D eigenvalue weighted by Crippen LogP contribution is -2.41. The highest BCUT2D eigenvalue weighted by molar-refractivity contribution is 7.93. The normalized spacial score (nSPS) is 15.0. The van der Waals surface area contributed by atoms with Gasteiger partial charge in [0.2, 0.25) is 0 Å². The molecule has 12 heteroatoms. The smallest absolute Gasteiger partial charge is 0.433 e. The van der Waals surface area contributed by atoms with Crippen LogP contribution in [-0.4, -0.2) is 39.2 Å². The van der Waals surface area contributed by atoms with Crippen molar-refractivity contribution in [2.45, 2.75) is 43.2 Å². The molecule has 0 saturated carbocycles. The summed E-state index contributed by atoms with van der Waals surface area (Å²) in [4.78, 5) is 15.4. The average molecular weight is 580 g/mol. The number of hydrogen-bond acceptors (Lipinski definition) is 6. The number of pyridine rings is 1. The van der Waals surface area contributed by atoms with E-state index in [0.29, 0.717) is 24.4 Å². The van der Waals surface area contributed by atoms with Crippen LogP contribution in [0.4, 0.5) is 18.9 Å². The van der Waals surface area contributed by atoms with Crippen LogP contribution in [-0.2, 0) is 37.6 Å². The average Bonchev–Trinajstić information content (AvgIpc) is 2.87.